The fourth-order valence-electron chi connectivity index (χ4n) is 2.23. The zero-order valence-corrected chi connectivity index (χ0v) is 11.0. The van der Waals surface area contributed by atoms with Gasteiger partial charge in [-0.25, -0.2) is 4.98 Å². The molecule has 2 unspecified atom stereocenters. The molecular weight excluding hydrogens is 224 g/mol. The van der Waals surface area contributed by atoms with Crippen LogP contribution >= 0.6 is 0 Å². The van der Waals surface area contributed by atoms with E-state index in [0.29, 0.717) is 0 Å². The summed E-state index contributed by atoms with van der Waals surface area (Å²) in [7, 11) is 0. The maximum Gasteiger partial charge on any atom is 0.109 e. The molecule has 0 fully saturated rings. The van der Waals surface area contributed by atoms with Crippen molar-refractivity contribution in [2.75, 3.05) is 0 Å². The minimum atomic E-state index is -0.00953. The summed E-state index contributed by atoms with van der Waals surface area (Å²) >= 11 is 0. The molecule has 2 aromatic rings. The number of nitrogens with two attached hydrogens (primary N) is 1. The van der Waals surface area contributed by atoms with Crippen LogP contribution in [0.1, 0.15) is 37.8 Å². The molecule has 0 radical (unpaired) electrons. The molecule has 96 valence electrons. The molecule has 0 aliphatic rings. The van der Waals surface area contributed by atoms with Gasteiger partial charge >= 0.3 is 0 Å². The Morgan fingerprint density at radius 1 is 1.28 bits per heavy atom. The molecule has 0 spiro atoms. The van der Waals surface area contributed by atoms with Crippen LogP contribution in [0.5, 0.6) is 0 Å². The second-order valence-electron chi connectivity index (χ2n) is 4.56. The van der Waals surface area contributed by atoms with E-state index in [1.165, 1.54) is 0 Å². The van der Waals surface area contributed by atoms with Gasteiger partial charge < -0.3 is 10.3 Å². The lowest BCUT2D eigenvalue weighted by Crippen LogP contribution is -2.31. The van der Waals surface area contributed by atoms with Gasteiger partial charge in [0.25, 0.3) is 0 Å². The summed E-state index contributed by atoms with van der Waals surface area (Å²) < 4.78 is 2.15. The molecule has 2 heterocycles. The zero-order chi connectivity index (χ0) is 13.0. The van der Waals surface area contributed by atoms with Crippen LogP contribution in [0, 0.1) is 0 Å². The normalized spacial score (nSPS) is 14.4. The maximum atomic E-state index is 6.14. The molecule has 0 aliphatic heterocycles. The van der Waals surface area contributed by atoms with Crippen molar-refractivity contribution in [3.63, 3.8) is 0 Å². The van der Waals surface area contributed by atoms with E-state index in [1.54, 1.807) is 6.20 Å². The Hall–Kier alpha value is -1.68. The summed E-state index contributed by atoms with van der Waals surface area (Å²) in [5.41, 5.74) is 7.13. The van der Waals surface area contributed by atoms with Crippen molar-refractivity contribution >= 4 is 0 Å². The van der Waals surface area contributed by atoms with Crippen LogP contribution in [0.3, 0.4) is 0 Å². The van der Waals surface area contributed by atoms with Crippen LogP contribution in [0.15, 0.2) is 36.8 Å². The Kier molecular flexibility index (Phi) is 4.10. The van der Waals surface area contributed by atoms with E-state index in [9.17, 15) is 0 Å². The average Bonchev–Trinajstić information content (AvgIpc) is 2.79. The SMILES string of the molecule is CCCc1nccn1C(c1ccccn1)C(C)N. The van der Waals surface area contributed by atoms with Gasteiger partial charge in [-0.2, -0.15) is 0 Å². The number of nitrogens with zero attached hydrogens (tertiary/aromatic N) is 3. The highest BCUT2D eigenvalue weighted by molar-refractivity contribution is 5.14. The predicted octanol–water partition coefficient (Wildman–Crippen LogP) is 2.17. The van der Waals surface area contributed by atoms with Crippen molar-refractivity contribution in [1.29, 1.82) is 0 Å². The summed E-state index contributed by atoms with van der Waals surface area (Å²) in [6, 6.07) is 5.97. The quantitative estimate of drug-likeness (QED) is 0.877. The molecule has 2 rings (SSSR count). The Bertz CT molecular complexity index is 476. The van der Waals surface area contributed by atoms with E-state index in [2.05, 4.69) is 21.5 Å². The lowest BCUT2D eigenvalue weighted by atomic mass is 10.1. The number of aryl methyl sites for hydroxylation is 1. The van der Waals surface area contributed by atoms with E-state index in [0.717, 1.165) is 24.4 Å². The van der Waals surface area contributed by atoms with Gasteiger partial charge in [0.05, 0.1) is 11.7 Å². The van der Waals surface area contributed by atoms with Crippen molar-refractivity contribution in [2.24, 2.45) is 5.73 Å². The molecule has 4 nitrogen and oxygen atoms in total. The first-order valence-electron chi connectivity index (χ1n) is 6.42. The van der Waals surface area contributed by atoms with Crippen LogP contribution in [0.4, 0.5) is 0 Å². The lowest BCUT2D eigenvalue weighted by Gasteiger charge is -2.23. The summed E-state index contributed by atoms with van der Waals surface area (Å²) in [6.07, 6.45) is 7.67. The summed E-state index contributed by atoms with van der Waals surface area (Å²) in [4.78, 5) is 8.84. The molecule has 0 saturated heterocycles. The summed E-state index contributed by atoms with van der Waals surface area (Å²) in [6.45, 7) is 4.16. The van der Waals surface area contributed by atoms with Crippen LogP contribution in [0.25, 0.3) is 0 Å². The summed E-state index contributed by atoms with van der Waals surface area (Å²) in [5.74, 6) is 1.07. The molecule has 0 saturated carbocycles. The van der Waals surface area contributed by atoms with E-state index < -0.39 is 0 Å². The van der Waals surface area contributed by atoms with Gasteiger partial charge in [0, 0.05) is 31.1 Å². The third kappa shape index (κ3) is 2.59. The van der Waals surface area contributed by atoms with Gasteiger partial charge in [-0.05, 0) is 25.5 Å². The average molecular weight is 244 g/mol. The molecule has 2 N–H and O–H groups in total. The summed E-state index contributed by atoms with van der Waals surface area (Å²) in [5, 5.41) is 0. The smallest absolute Gasteiger partial charge is 0.109 e. The van der Waals surface area contributed by atoms with Crippen molar-refractivity contribution in [3.05, 3.63) is 48.3 Å². The third-order valence-electron chi connectivity index (χ3n) is 3.01. The Balaban J connectivity index is 2.39. The molecule has 0 bridgehead atoms. The number of hydrogen-bond acceptors (Lipinski definition) is 3. The predicted molar refractivity (Wildman–Crippen MR) is 72.2 cm³/mol. The lowest BCUT2D eigenvalue weighted by molar-refractivity contribution is 0.468. The Morgan fingerprint density at radius 2 is 2.11 bits per heavy atom. The third-order valence-corrected chi connectivity index (χ3v) is 3.01. The van der Waals surface area contributed by atoms with Gasteiger partial charge in [-0.3, -0.25) is 4.98 Å². The first-order chi connectivity index (χ1) is 8.74. The van der Waals surface area contributed by atoms with E-state index in [4.69, 9.17) is 5.73 Å². The maximum absolute atomic E-state index is 6.14. The van der Waals surface area contributed by atoms with Crippen LogP contribution in [-0.4, -0.2) is 20.6 Å². The monoisotopic (exact) mass is 244 g/mol. The highest BCUT2D eigenvalue weighted by atomic mass is 15.1. The second-order valence-corrected chi connectivity index (χ2v) is 4.56. The van der Waals surface area contributed by atoms with Crippen LogP contribution in [0.2, 0.25) is 0 Å². The fourth-order valence-corrected chi connectivity index (χ4v) is 2.23. The second kappa shape index (κ2) is 5.78. The van der Waals surface area contributed by atoms with Gasteiger partial charge in [0.15, 0.2) is 0 Å². The van der Waals surface area contributed by atoms with E-state index in [1.807, 2.05) is 37.5 Å². The van der Waals surface area contributed by atoms with Crippen LogP contribution in [-0.2, 0) is 6.42 Å². The first-order valence-corrected chi connectivity index (χ1v) is 6.42. The zero-order valence-electron chi connectivity index (χ0n) is 11.0. The first kappa shape index (κ1) is 12.8. The highest BCUT2D eigenvalue weighted by Crippen LogP contribution is 2.21. The molecule has 4 heteroatoms. The fraction of sp³-hybridized carbons (Fsp3) is 0.429. The van der Waals surface area contributed by atoms with Crippen LogP contribution < -0.4 is 5.73 Å². The van der Waals surface area contributed by atoms with E-state index >= 15 is 0 Å². The minimum Gasteiger partial charge on any atom is -0.326 e. The molecule has 18 heavy (non-hydrogen) atoms. The molecular formula is C14H20N4. The molecule has 0 amide bonds. The van der Waals surface area contributed by atoms with Gasteiger partial charge in [0.2, 0.25) is 0 Å². The largest absolute Gasteiger partial charge is 0.326 e. The molecule has 0 aromatic carbocycles. The molecule has 0 aliphatic carbocycles. The van der Waals surface area contributed by atoms with Gasteiger partial charge in [0.1, 0.15) is 5.82 Å². The minimum absolute atomic E-state index is 0.00953. The van der Waals surface area contributed by atoms with Crippen molar-refractivity contribution < 1.29 is 0 Å². The van der Waals surface area contributed by atoms with E-state index in [-0.39, 0.29) is 12.1 Å². The Morgan fingerprint density at radius 3 is 2.72 bits per heavy atom. The number of aromatic nitrogens is 3. The highest BCUT2D eigenvalue weighted by Gasteiger charge is 2.21. The molecule has 2 aromatic heterocycles. The van der Waals surface area contributed by atoms with Crippen molar-refractivity contribution in [3.8, 4) is 0 Å². The standard InChI is InChI=1S/C14H20N4/c1-3-6-13-17-9-10-18(13)14(11(2)15)12-7-4-5-8-16-12/h4-5,7-11,14H,3,6,15H2,1-2H3. The Labute approximate surface area is 108 Å². The topological polar surface area (TPSA) is 56.7 Å². The number of imidazole rings is 1. The number of rotatable bonds is 5. The van der Waals surface area contributed by atoms with Crippen molar-refractivity contribution in [2.45, 2.75) is 38.8 Å². The molecule has 2 atom stereocenters. The number of pyridine rings is 1. The van der Waals surface area contributed by atoms with Crippen molar-refractivity contribution in [1.82, 2.24) is 14.5 Å². The number of hydrogen-bond donors (Lipinski definition) is 1. The van der Waals surface area contributed by atoms with Gasteiger partial charge in [-0.1, -0.05) is 13.0 Å². The van der Waals surface area contributed by atoms with Gasteiger partial charge in [-0.15, -0.1) is 0 Å².